The molecule has 2 aliphatic rings. The summed E-state index contributed by atoms with van der Waals surface area (Å²) in [7, 11) is -1.71. The second-order valence-electron chi connectivity index (χ2n) is 8.48. The fourth-order valence-corrected chi connectivity index (χ4v) is 5.20. The lowest BCUT2D eigenvalue weighted by molar-refractivity contribution is 0.0631. The average Bonchev–Trinajstić information content (AvgIpc) is 2.85. The Morgan fingerprint density at radius 1 is 1.19 bits per heavy atom. The second-order valence-corrected chi connectivity index (χ2v) is 13.2. The van der Waals surface area contributed by atoms with E-state index < -0.39 is 8.32 Å². The van der Waals surface area contributed by atoms with Gasteiger partial charge in [-0.25, -0.2) is 0 Å². The Morgan fingerprint density at radius 3 is 2.67 bits per heavy atom. The van der Waals surface area contributed by atoms with Crippen molar-refractivity contribution in [1.82, 2.24) is 0 Å². The monoisotopic (exact) mass is 306 g/mol. The maximum atomic E-state index is 6.82. The molecule has 0 aliphatic heterocycles. The van der Waals surface area contributed by atoms with Crippen molar-refractivity contribution < 1.29 is 8.84 Å². The Bertz CT molecular complexity index is 498. The molecule has 1 heterocycles. The van der Waals surface area contributed by atoms with Gasteiger partial charge in [0.25, 0.3) is 0 Å². The maximum absolute atomic E-state index is 6.82. The molecular formula is C18H30O2Si. The van der Waals surface area contributed by atoms with Crippen molar-refractivity contribution >= 4 is 8.32 Å². The van der Waals surface area contributed by atoms with Crippen LogP contribution in [0.15, 0.2) is 16.7 Å². The van der Waals surface area contributed by atoms with Crippen LogP contribution in [0, 0.1) is 5.92 Å². The maximum Gasteiger partial charge on any atom is 0.192 e. The predicted molar refractivity (Wildman–Crippen MR) is 89.2 cm³/mol. The number of furan rings is 1. The van der Waals surface area contributed by atoms with Gasteiger partial charge in [-0.15, -0.1) is 0 Å². The highest BCUT2D eigenvalue weighted by molar-refractivity contribution is 6.74. The summed E-state index contributed by atoms with van der Waals surface area (Å²) in [6.07, 6.45) is 8.63. The smallest absolute Gasteiger partial charge is 0.192 e. The van der Waals surface area contributed by atoms with Crippen molar-refractivity contribution in [3.05, 3.63) is 23.7 Å². The molecule has 21 heavy (non-hydrogen) atoms. The summed E-state index contributed by atoms with van der Waals surface area (Å²) in [5.74, 6) is 2.52. The third kappa shape index (κ3) is 2.75. The van der Waals surface area contributed by atoms with Gasteiger partial charge in [0.2, 0.25) is 0 Å². The molecule has 3 atom stereocenters. The lowest BCUT2D eigenvalue weighted by Crippen LogP contribution is -2.47. The average molecular weight is 307 g/mol. The largest absolute Gasteiger partial charge is 0.469 e. The third-order valence-corrected chi connectivity index (χ3v) is 10.6. The molecule has 1 saturated carbocycles. The van der Waals surface area contributed by atoms with Gasteiger partial charge >= 0.3 is 0 Å². The van der Waals surface area contributed by atoms with Crippen LogP contribution in [0.5, 0.6) is 0 Å². The SMILES string of the molecule is CC(C)(C)[Si](C)(C)O[C@@H]1CCC[C@@H]2CCc3ccoc3[C@@H]21. The number of fused-ring (bicyclic) bond motifs is 3. The quantitative estimate of drug-likeness (QED) is 0.673. The Hall–Kier alpha value is -0.543. The van der Waals surface area contributed by atoms with E-state index in [2.05, 4.69) is 39.9 Å². The molecule has 3 rings (SSSR count). The van der Waals surface area contributed by atoms with Gasteiger partial charge in [0.1, 0.15) is 5.76 Å². The summed E-state index contributed by atoms with van der Waals surface area (Å²) < 4.78 is 12.7. The van der Waals surface area contributed by atoms with Crippen LogP contribution in [0.2, 0.25) is 18.1 Å². The molecule has 0 saturated heterocycles. The molecule has 0 radical (unpaired) electrons. The van der Waals surface area contributed by atoms with Crippen LogP contribution >= 0.6 is 0 Å². The molecule has 1 aromatic heterocycles. The van der Waals surface area contributed by atoms with Crippen LogP contribution in [-0.2, 0) is 10.8 Å². The molecule has 0 aromatic carbocycles. The molecule has 118 valence electrons. The second kappa shape index (κ2) is 5.27. The minimum Gasteiger partial charge on any atom is -0.469 e. The van der Waals surface area contributed by atoms with E-state index in [-0.39, 0.29) is 5.04 Å². The van der Waals surface area contributed by atoms with E-state index >= 15 is 0 Å². The zero-order chi connectivity index (χ0) is 15.3. The molecule has 2 nitrogen and oxygen atoms in total. The summed E-state index contributed by atoms with van der Waals surface area (Å²) in [6, 6.07) is 2.17. The highest BCUT2D eigenvalue weighted by Gasteiger charge is 2.46. The fraction of sp³-hybridized carbons (Fsp3) is 0.778. The standard InChI is InChI=1S/C18H30O2Si/c1-18(2,3)21(4,5)20-15-8-6-7-13-9-10-14-11-12-19-17(14)16(13)15/h11-13,15-16H,6-10H2,1-5H3/t13-,15-,16+/m1/s1. The van der Waals surface area contributed by atoms with E-state index in [1.807, 2.05) is 6.26 Å². The van der Waals surface area contributed by atoms with Crippen LogP contribution in [-0.4, -0.2) is 14.4 Å². The lowest BCUT2D eigenvalue weighted by atomic mass is 9.69. The first-order chi connectivity index (χ1) is 9.79. The number of rotatable bonds is 2. The van der Waals surface area contributed by atoms with Crippen molar-refractivity contribution in [3.63, 3.8) is 0 Å². The van der Waals surface area contributed by atoms with Gasteiger partial charge in [-0.2, -0.15) is 0 Å². The van der Waals surface area contributed by atoms with Crippen molar-refractivity contribution in [1.29, 1.82) is 0 Å². The third-order valence-electron chi connectivity index (χ3n) is 6.09. The Kier molecular flexibility index (Phi) is 3.86. The summed E-state index contributed by atoms with van der Waals surface area (Å²) in [6.45, 7) is 11.8. The van der Waals surface area contributed by atoms with E-state index in [9.17, 15) is 0 Å². The molecule has 0 spiro atoms. The summed E-state index contributed by atoms with van der Waals surface area (Å²) in [4.78, 5) is 0. The molecule has 0 amide bonds. The first-order valence-corrected chi connectivity index (χ1v) is 11.4. The Morgan fingerprint density at radius 2 is 1.95 bits per heavy atom. The highest BCUT2D eigenvalue weighted by atomic mass is 28.4. The molecule has 1 aromatic rings. The van der Waals surface area contributed by atoms with E-state index in [4.69, 9.17) is 8.84 Å². The van der Waals surface area contributed by atoms with Gasteiger partial charge in [-0.3, -0.25) is 0 Å². The normalized spacial score (nSPS) is 29.9. The van der Waals surface area contributed by atoms with Crippen molar-refractivity contribution in [2.24, 2.45) is 5.92 Å². The van der Waals surface area contributed by atoms with Crippen molar-refractivity contribution in [2.45, 2.75) is 83.0 Å². The summed E-state index contributed by atoms with van der Waals surface area (Å²) >= 11 is 0. The summed E-state index contributed by atoms with van der Waals surface area (Å²) in [5, 5.41) is 0.278. The molecular weight excluding hydrogens is 276 g/mol. The van der Waals surface area contributed by atoms with Crippen LogP contribution in [0.1, 0.15) is 63.7 Å². The Balaban J connectivity index is 1.86. The van der Waals surface area contributed by atoms with E-state index in [0.29, 0.717) is 12.0 Å². The minimum atomic E-state index is -1.71. The molecule has 3 heteroatoms. The molecule has 1 fully saturated rings. The van der Waals surface area contributed by atoms with Crippen molar-refractivity contribution in [3.8, 4) is 0 Å². The van der Waals surface area contributed by atoms with Gasteiger partial charge in [-0.05, 0) is 61.4 Å². The number of hydrogen-bond acceptors (Lipinski definition) is 2. The van der Waals surface area contributed by atoms with Gasteiger partial charge in [0.15, 0.2) is 8.32 Å². The molecule has 0 bridgehead atoms. The van der Waals surface area contributed by atoms with Gasteiger partial charge in [-0.1, -0.05) is 27.2 Å². The zero-order valence-electron chi connectivity index (χ0n) is 14.2. The topological polar surface area (TPSA) is 22.4 Å². The number of aryl methyl sites for hydroxylation is 1. The van der Waals surface area contributed by atoms with E-state index in [1.54, 1.807) is 0 Å². The minimum absolute atomic E-state index is 0.278. The summed E-state index contributed by atoms with van der Waals surface area (Å²) in [5.41, 5.74) is 1.43. The van der Waals surface area contributed by atoms with Crippen LogP contribution < -0.4 is 0 Å². The van der Waals surface area contributed by atoms with Gasteiger partial charge in [0.05, 0.1) is 12.4 Å². The van der Waals surface area contributed by atoms with Gasteiger partial charge < -0.3 is 8.84 Å². The first kappa shape index (κ1) is 15.4. The van der Waals surface area contributed by atoms with E-state index in [0.717, 1.165) is 5.92 Å². The molecule has 0 N–H and O–H groups in total. The fourth-order valence-electron chi connectivity index (χ4n) is 3.83. The first-order valence-electron chi connectivity index (χ1n) is 8.54. The predicted octanol–water partition coefficient (Wildman–Crippen LogP) is 5.50. The Labute approximate surface area is 130 Å². The highest BCUT2D eigenvalue weighted by Crippen LogP contribution is 2.49. The van der Waals surface area contributed by atoms with Crippen LogP contribution in [0.3, 0.4) is 0 Å². The van der Waals surface area contributed by atoms with Crippen LogP contribution in [0.4, 0.5) is 0 Å². The number of hydrogen-bond donors (Lipinski definition) is 0. The lowest BCUT2D eigenvalue weighted by Gasteiger charge is -2.46. The van der Waals surface area contributed by atoms with Crippen molar-refractivity contribution in [2.75, 3.05) is 0 Å². The molecule has 2 aliphatic carbocycles. The van der Waals surface area contributed by atoms with E-state index in [1.165, 1.54) is 43.4 Å². The zero-order valence-corrected chi connectivity index (χ0v) is 15.2. The van der Waals surface area contributed by atoms with Gasteiger partial charge in [0, 0.05) is 5.92 Å². The molecule has 0 unspecified atom stereocenters. The van der Waals surface area contributed by atoms with Crippen LogP contribution in [0.25, 0.3) is 0 Å².